The van der Waals surface area contributed by atoms with Crippen LogP contribution in [-0.4, -0.2) is 50.1 Å². The molecule has 0 aliphatic rings. The first-order valence-corrected chi connectivity index (χ1v) is 9.27. The average molecular weight is 406 g/mol. The number of anilines is 1. The first-order valence-electron chi connectivity index (χ1n) is 8.46. The van der Waals surface area contributed by atoms with Crippen molar-refractivity contribution in [3.8, 4) is 5.75 Å². The number of thiazole rings is 1. The fourth-order valence-electron chi connectivity index (χ4n) is 2.66. The zero-order chi connectivity index (χ0) is 18.7. The van der Waals surface area contributed by atoms with Crippen molar-refractivity contribution in [3.05, 3.63) is 53.6 Å². The number of hydrogen-bond donors (Lipinski definition) is 0. The molecule has 1 heterocycles. The summed E-state index contributed by atoms with van der Waals surface area (Å²) in [5.74, 6) is 0.737. The Kier molecular flexibility index (Phi) is 7.18. The maximum absolute atomic E-state index is 13.2. The van der Waals surface area contributed by atoms with E-state index >= 15 is 0 Å². The third kappa shape index (κ3) is 4.97. The molecule has 0 saturated heterocycles. The number of rotatable bonds is 6. The second-order valence-corrected chi connectivity index (χ2v) is 7.47. The SMILES string of the molecule is COc1ccc2sc(N(CCN(C)C)C(=O)c3cccc(C)c3)nc2c1.Cl. The van der Waals surface area contributed by atoms with Gasteiger partial charge in [-0.05, 0) is 45.3 Å². The topological polar surface area (TPSA) is 45.7 Å². The average Bonchev–Trinajstić information content (AvgIpc) is 3.04. The van der Waals surface area contributed by atoms with Crippen LogP contribution in [0.2, 0.25) is 0 Å². The molecule has 5 nitrogen and oxygen atoms in total. The highest BCUT2D eigenvalue weighted by Gasteiger charge is 2.21. The molecule has 2 aromatic carbocycles. The molecule has 0 spiro atoms. The van der Waals surface area contributed by atoms with Crippen LogP contribution in [0.1, 0.15) is 15.9 Å². The second kappa shape index (κ2) is 9.17. The molecule has 0 fully saturated rings. The van der Waals surface area contributed by atoms with Gasteiger partial charge in [-0.25, -0.2) is 4.98 Å². The number of carbonyl (C=O) groups excluding carboxylic acids is 1. The van der Waals surface area contributed by atoms with Crippen LogP contribution in [0, 0.1) is 6.92 Å². The van der Waals surface area contributed by atoms with E-state index in [1.54, 1.807) is 12.0 Å². The predicted molar refractivity (Wildman–Crippen MR) is 115 cm³/mol. The Balaban J connectivity index is 0.00000261. The van der Waals surface area contributed by atoms with E-state index in [4.69, 9.17) is 9.72 Å². The lowest BCUT2D eigenvalue weighted by molar-refractivity contribution is 0.0985. The summed E-state index contributed by atoms with van der Waals surface area (Å²) in [6, 6.07) is 13.5. The first-order chi connectivity index (χ1) is 12.5. The molecule has 3 rings (SSSR count). The Bertz CT molecular complexity index is 926. The van der Waals surface area contributed by atoms with Crippen molar-refractivity contribution >= 4 is 45.0 Å². The summed E-state index contributed by atoms with van der Waals surface area (Å²) in [6.45, 7) is 3.33. The second-order valence-electron chi connectivity index (χ2n) is 6.46. The highest BCUT2D eigenvalue weighted by molar-refractivity contribution is 7.22. The molecule has 3 aromatic rings. The van der Waals surface area contributed by atoms with Gasteiger partial charge in [0.1, 0.15) is 5.75 Å². The zero-order valence-electron chi connectivity index (χ0n) is 15.9. The van der Waals surface area contributed by atoms with Gasteiger partial charge in [-0.15, -0.1) is 12.4 Å². The first kappa shape index (κ1) is 21.2. The molecule has 0 bridgehead atoms. The number of nitrogens with zero attached hydrogens (tertiary/aromatic N) is 3. The smallest absolute Gasteiger partial charge is 0.260 e. The molecule has 1 amide bonds. The van der Waals surface area contributed by atoms with Crippen LogP contribution in [0.4, 0.5) is 5.13 Å². The van der Waals surface area contributed by atoms with Gasteiger partial charge in [0.25, 0.3) is 5.91 Å². The summed E-state index contributed by atoms with van der Waals surface area (Å²) in [6.07, 6.45) is 0. The molecule has 7 heteroatoms. The predicted octanol–water partition coefficient (Wildman–Crippen LogP) is 4.24. The number of methoxy groups -OCH3 is 1. The van der Waals surface area contributed by atoms with Gasteiger partial charge in [-0.3, -0.25) is 9.69 Å². The lowest BCUT2D eigenvalue weighted by atomic mass is 10.1. The van der Waals surface area contributed by atoms with E-state index in [9.17, 15) is 4.79 Å². The van der Waals surface area contributed by atoms with Crippen molar-refractivity contribution in [2.45, 2.75) is 6.92 Å². The minimum Gasteiger partial charge on any atom is -0.497 e. The van der Waals surface area contributed by atoms with Crippen LogP contribution in [0.5, 0.6) is 5.75 Å². The number of benzene rings is 2. The number of ether oxygens (including phenoxy) is 1. The number of amides is 1. The van der Waals surface area contributed by atoms with Crippen molar-refractivity contribution < 1.29 is 9.53 Å². The van der Waals surface area contributed by atoms with E-state index in [2.05, 4.69) is 4.90 Å². The molecule has 0 radical (unpaired) electrons. The van der Waals surface area contributed by atoms with E-state index in [0.717, 1.165) is 28.1 Å². The molecule has 144 valence electrons. The van der Waals surface area contributed by atoms with Crippen molar-refractivity contribution in [1.29, 1.82) is 0 Å². The molecule has 0 atom stereocenters. The van der Waals surface area contributed by atoms with Crippen LogP contribution >= 0.6 is 23.7 Å². The Morgan fingerprint density at radius 2 is 1.93 bits per heavy atom. The number of fused-ring (bicyclic) bond motifs is 1. The molecular formula is C20H24ClN3O2S. The Morgan fingerprint density at radius 1 is 1.15 bits per heavy atom. The Morgan fingerprint density at radius 3 is 2.59 bits per heavy atom. The van der Waals surface area contributed by atoms with Gasteiger partial charge in [0.2, 0.25) is 0 Å². The summed E-state index contributed by atoms with van der Waals surface area (Å²) < 4.78 is 6.31. The highest BCUT2D eigenvalue weighted by Crippen LogP contribution is 2.32. The van der Waals surface area contributed by atoms with Crippen LogP contribution in [0.25, 0.3) is 10.2 Å². The van der Waals surface area contributed by atoms with Gasteiger partial charge in [0.15, 0.2) is 5.13 Å². The Hall–Kier alpha value is -2.15. The molecule has 1 aromatic heterocycles. The third-order valence-corrected chi connectivity index (χ3v) is 5.15. The van der Waals surface area contributed by atoms with E-state index in [1.165, 1.54) is 11.3 Å². The lowest BCUT2D eigenvalue weighted by Gasteiger charge is -2.22. The normalized spacial score (nSPS) is 10.7. The number of halogens is 1. The van der Waals surface area contributed by atoms with Gasteiger partial charge < -0.3 is 9.64 Å². The fraction of sp³-hybridized carbons (Fsp3) is 0.300. The Labute approximate surface area is 170 Å². The van der Waals surface area contributed by atoms with Gasteiger partial charge in [0.05, 0.1) is 17.3 Å². The summed E-state index contributed by atoms with van der Waals surface area (Å²) in [5.41, 5.74) is 2.59. The summed E-state index contributed by atoms with van der Waals surface area (Å²) in [5, 5.41) is 0.710. The maximum Gasteiger partial charge on any atom is 0.260 e. The van der Waals surface area contributed by atoms with Crippen LogP contribution in [-0.2, 0) is 0 Å². The van der Waals surface area contributed by atoms with Gasteiger partial charge in [-0.1, -0.05) is 29.0 Å². The van der Waals surface area contributed by atoms with Crippen molar-refractivity contribution in [2.75, 3.05) is 39.2 Å². The highest BCUT2D eigenvalue weighted by atomic mass is 35.5. The van der Waals surface area contributed by atoms with Crippen molar-refractivity contribution in [1.82, 2.24) is 9.88 Å². The monoisotopic (exact) mass is 405 g/mol. The van der Waals surface area contributed by atoms with Crippen LogP contribution in [0.15, 0.2) is 42.5 Å². The molecule has 0 unspecified atom stereocenters. The number of carbonyl (C=O) groups is 1. The van der Waals surface area contributed by atoms with E-state index in [1.807, 2.05) is 63.5 Å². The maximum atomic E-state index is 13.2. The van der Waals surface area contributed by atoms with Crippen LogP contribution < -0.4 is 9.64 Å². The van der Waals surface area contributed by atoms with Crippen molar-refractivity contribution in [2.24, 2.45) is 0 Å². The lowest BCUT2D eigenvalue weighted by Crippen LogP contribution is -2.36. The summed E-state index contributed by atoms with van der Waals surface area (Å²) in [4.78, 5) is 21.7. The fourth-order valence-corrected chi connectivity index (χ4v) is 3.63. The molecule has 0 aliphatic heterocycles. The standard InChI is InChI=1S/C20H23N3O2S.ClH/c1-14-6-5-7-15(12-14)19(24)23(11-10-22(2)3)20-21-17-13-16(25-4)8-9-18(17)26-20;/h5-9,12-13H,10-11H2,1-4H3;1H. The van der Waals surface area contributed by atoms with Gasteiger partial charge in [0, 0.05) is 24.7 Å². The number of aromatic nitrogens is 1. The number of likely N-dealkylation sites (N-methyl/N-ethyl adjacent to an activating group) is 1. The molecule has 0 saturated carbocycles. The van der Waals surface area contributed by atoms with E-state index in [0.29, 0.717) is 17.2 Å². The van der Waals surface area contributed by atoms with Crippen molar-refractivity contribution in [3.63, 3.8) is 0 Å². The summed E-state index contributed by atoms with van der Waals surface area (Å²) >= 11 is 1.52. The number of aryl methyl sites for hydroxylation is 1. The largest absolute Gasteiger partial charge is 0.497 e. The number of hydrogen-bond acceptors (Lipinski definition) is 5. The van der Waals surface area contributed by atoms with Gasteiger partial charge in [-0.2, -0.15) is 0 Å². The van der Waals surface area contributed by atoms with E-state index < -0.39 is 0 Å². The zero-order valence-corrected chi connectivity index (χ0v) is 17.6. The third-order valence-electron chi connectivity index (χ3n) is 4.10. The molecule has 0 N–H and O–H groups in total. The minimum absolute atomic E-state index is 0. The quantitative estimate of drug-likeness (QED) is 0.615. The minimum atomic E-state index is -0.0263. The summed E-state index contributed by atoms with van der Waals surface area (Å²) in [7, 11) is 5.64. The van der Waals surface area contributed by atoms with Crippen LogP contribution in [0.3, 0.4) is 0 Å². The molecule has 27 heavy (non-hydrogen) atoms. The molecular weight excluding hydrogens is 382 g/mol. The van der Waals surface area contributed by atoms with E-state index in [-0.39, 0.29) is 18.3 Å². The van der Waals surface area contributed by atoms with Gasteiger partial charge >= 0.3 is 0 Å². The molecule has 0 aliphatic carbocycles.